The zero-order chi connectivity index (χ0) is 12.6. The van der Waals surface area contributed by atoms with Gasteiger partial charge in [-0.25, -0.2) is 0 Å². The molecule has 0 aromatic carbocycles. The minimum Gasteiger partial charge on any atom is -0.394 e. The van der Waals surface area contributed by atoms with Crippen LogP contribution in [0.2, 0.25) is 0 Å². The highest BCUT2D eigenvalue weighted by atomic mass is 32.1. The van der Waals surface area contributed by atoms with Crippen LogP contribution in [0.3, 0.4) is 0 Å². The number of hydrogen-bond donors (Lipinski definition) is 4. The van der Waals surface area contributed by atoms with Crippen LogP contribution in [0.15, 0.2) is 0 Å². The molecule has 3 N–H and O–H groups in total. The molecule has 0 heterocycles. The van der Waals surface area contributed by atoms with Crippen LogP contribution < -0.4 is 0 Å². The average Bonchev–Trinajstić information content (AvgIpc) is 2.27. The highest BCUT2D eigenvalue weighted by Crippen LogP contribution is 2.08. The average molecular weight is 254 g/mol. The zero-order valence-corrected chi connectivity index (χ0v) is 10.6. The topological polar surface area (TPSA) is 79.2 Å². The molecule has 6 heteroatoms. The number of hydrogen-bond acceptors (Lipinski definition) is 6. The van der Waals surface area contributed by atoms with Crippen LogP contribution in [0.4, 0.5) is 0 Å². The Morgan fingerprint density at radius 1 is 1.25 bits per heavy atom. The minimum absolute atomic E-state index is 0.463. The molecule has 0 rings (SSSR count). The van der Waals surface area contributed by atoms with Crippen LogP contribution in [0.1, 0.15) is 20.3 Å². The van der Waals surface area contributed by atoms with Gasteiger partial charge in [-0.15, -0.1) is 0 Å². The Morgan fingerprint density at radius 2 is 1.88 bits per heavy atom. The number of aliphatic hydroxyl groups is 3. The molecule has 0 amide bonds. The van der Waals surface area contributed by atoms with Crippen molar-refractivity contribution in [1.82, 2.24) is 0 Å². The number of thiol groups is 1. The molecule has 0 bridgehead atoms. The van der Waals surface area contributed by atoms with E-state index in [9.17, 15) is 10.2 Å². The van der Waals surface area contributed by atoms with Crippen LogP contribution in [-0.2, 0) is 9.47 Å². The molecular formula is C10H22O5S. The Kier molecular flexibility index (Phi) is 9.29. The fourth-order valence-electron chi connectivity index (χ4n) is 1.16. The van der Waals surface area contributed by atoms with Crippen LogP contribution in [0, 0.1) is 0 Å². The SMILES string of the molecule is CC(O[C@H](C)OCCCS)C(O)[C@H](O)CO. The number of ether oxygens (including phenoxy) is 2. The van der Waals surface area contributed by atoms with Crippen molar-refractivity contribution in [3.05, 3.63) is 0 Å². The normalized spacial score (nSPS) is 19.1. The zero-order valence-electron chi connectivity index (χ0n) is 9.74. The van der Waals surface area contributed by atoms with Gasteiger partial charge in [0.15, 0.2) is 6.29 Å². The summed E-state index contributed by atoms with van der Waals surface area (Å²) in [7, 11) is 0. The Hall–Kier alpha value is 0.150. The third-order valence-corrected chi connectivity index (χ3v) is 2.44. The Balaban J connectivity index is 3.79. The molecule has 0 radical (unpaired) electrons. The minimum atomic E-state index is -1.19. The van der Waals surface area contributed by atoms with Crippen molar-refractivity contribution in [3.63, 3.8) is 0 Å². The number of aliphatic hydroxyl groups excluding tert-OH is 3. The highest BCUT2D eigenvalue weighted by molar-refractivity contribution is 7.80. The van der Waals surface area contributed by atoms with E-state index in [0.29, 0.717) is 6.61 Å². The summed E-state index contributed by atoms with van der Waals surface area (Å²) in [5, 5.41) is 27.4. The monoisotopic (exact) mass is 254 g/mol. The maximum Gasteiger partial charge on any atom is 0.155 e. The van der Waals surface area contributed by atoms with Crippen molar-refractivity contribution in [2.75, 3.05) is 19.0 Å². The van der Waals surface area contributed by atoms with Gasteiger partial charge in [0.05, 0.1) is 19.3 Å². The summed E-state index contributed by atoms with van der Waals surface area (Å²) in [6.07, 6.45) is -2.56. The summed E-state index contributed by atoms with van der Waals surface area (Å²) in [5.74, 6) is 0.744. The van der Waals surface area contributed by atoms with Crippen LogP contribution in [0.5, 0.6) is 0 Å². The molecule has 98 valence electrons. The predicted molar refractivity (Wildman–Crippen MR) is 63.5 cm³/mol. The lowest BCUT2D eigenvalue weighted by Gasteiger charge is -2.25. The van der Waals surface area contributed by atoms with E-state index in [2.05, 4.69) is 12.6 Å². The van der Waals surface area contributed by atoms with Crippen LogP contribution >= 0.6 is 12.6 Å². The molecule has 2 unspecified atom stereocenters. The van der Waals surface area contributed by atoms with Gasteiger partial charge >= 0.3 is 0 Å². The standard InChI is InChI=1S/C10H22O5S/c1-7(10(13)9(12)6-11)15-8(2)14-4-3-5-16/h7-13,16H,3-6H2,1-2H3/t7?,8-,9-,10?/m1/s1. The lowest BCUT2D eigenvalue weighted by atomic mass is 10.1. The highest BCUT2D eigenvalue weighted by Gasteiger charge is 2.24. The van der Waals surface area contributed by atoms with E-state index in [4.69, 9.17) is 14.6 Å². The van der Waals surface area contributed by atoms with E-state index in [-0.39, 0.29) is 0 Å². The third-order valence-electron chi connectivity index (χ3n) is 2.12. The molecule has 0 aliphatic carbocycles. The van der Waals surface area contributed by atoms with E-state index < -0.39 is 31.2 Å². The molecule has 0 aliphatic heterocycles. The van der Waals surface area contributed by atoms with Crippen molar-refractivity contribution in [2.24, 2.45) is 0 Å². The summed E-state index contributed by atoms with van der Waals surface area (Å²) in [6.45, 7) is 3.37. The first-order valence-corrected chi connectivity index (χ1v) is 6.01. The van der Waals surface area contributed by atoms with Crippen molar-refractivity contribution in [1.29, 1.82) is 0 Å². The fourth-order valence-corrected chi connectivity index (χ4v) is 1.29. The predicted octanol–water partition coefficient (Wildman–Crippen LogP) is -0.212. The van der Waals surface area contributed by atoms with Gasteiger partial charge in [-0.3, -0.25) is 0 Å². The van der Waals surface area contributed by atoms with Gasteiger partial charge < -0.3 is 24.8 Å². The summed E-state index contributed by atoms with van der Waals surface area (Å²) < 4.78 is 10.6. The first-order valence-electron chi connectivity index (χ1n) is 5.37. The summed E-state index contributed by atoms with van der Waals surface area (Å²) >= 11 is 4.04. The molecule has 0 fully saturated rings. The second kappa shape index (κ2) is 9.21. The van der Waals surface area contributed by atoms with Crippen molar-refractivity contribution in [2.45, 2.75) is 44.9 Å². The quantitative estimate of drug-likeness (QED) is 0.260. The van der Waals surface area contributed by atoms with E-state index in [1.807, 2.05) is 0 Å². The van der Waals surface area contributed by atoms with Gasteiger partial charge in [0, 0.05) is 0 Å². The lowest BCUT2D eigenvalue weighted by molar-refractivity contribution is -0.192. The molecule has 0 saturated heterocycles. The van der Waals surface area contributed by atoms with Gasteiger partial charge in [-0.2, -0.15) is 12.6 Å². The molecule has 0 aromatic heterocycles. The number of rotatable bonds is 9. The van der Waals surface area contributed by atoms with Crippen molar-refractivity contribution >= 4 is 12.6 Å². The second-order valence-electron chi connectivity index (χ2n) is 3.60. The molecule has 0 aromatic rings. The van der Waals surface area contributed by atoms with Gasteiger partial charge in [-0.05, 0) is 26.0 Å². The van der Waals surface area contributed by atoms with Gasteiger partial charge in [0.1, 0.15) is 12.2 Å². The van der Waals surface area contributed by atoms with Crippen LogP contribution in [-0.4, -0.2) is 58.9 Å². The third kappa shape index (κ3) is 6.67. The maximum atomic E-state index is 9.50. The van der Waals surface area contributed by atoms with Gasteiger partial charge in [0.2, 0.25) is 0 Å². The van der Waals surface area contributed by atoms with E-state index in [1.54, 1.807) is 13.8 Å². The van der Waals surface area contributed by atoms with E-state index in [0.717, 1.165) is 12.2 Å². The molecule has 5 nitrogen and oxygen atoms in total. The summed E-state index contributed by atoms with van der Waals surface area (Å²) in [4.78, 5) is 0. The Bertz CT molecular complexity index is 169. The van der Waals surface area contributed by atoms with E-state index >= 15 is 0 Å². The van der Waals surface area contributed by atoms with Gasteiger partial charge in [0.25, 0.3) is 0 Å². The summed E-state index contributed by atoms with van der Waals surface area (Å²) in [6, 6.07) is 0. The molecule has 4 atom stereocenters. The van der Waals surface area contributed by atoms with Crippen molar-refractivity contribution in [3.8, 4) is 0 Å². The largest absolute Gasteiger partial charge is 0.394 e. The Labute approximate surface area is 102 Å². The Morgan fingerprint density at radius 3 is 2.38 bits per heavy atom. The maximum absolute atomic E-state index is 9.50. The molecule has 16 heavy (non-hydrogen) atoms. The molecule has 0 aliphatic rings. The molecule has 0 spiro atoms. The van der Waals surface area contributed by atoms with Crippen LogP contribution in [0.25, 0.3) is 0 Å². The fraction of sp³-hybridized carbons (Fsp3) is 1.00. The molecule has 0 saturated carbocycles. The second-order valence-corrected chi connectivity index (χ2v) is 4.04. The smallest absolute Gasteiger partial charge is 0.155 e. The van der Waals surface area contributed by atoms with Crippen molar-refractivity contribution < 1.29 is 24.8 Å². The summed E-state index contributed by atoms with van der Waals surface area (Å²) in [5.41, 5.74) is 0. The van der Waals surface area contributed by atoms with Gasteiger partial charge in [-0.1, -0.05) is 0 Å². The first kappa shape index (κ1) is 16.1. The molecular weight excluding hydrogens is 232 g/mol. The first-order chi connectivity index (χ1) is 7.52. The lowest BCUT2D eigenvalue weighted by Crippen LogP contribution is -2.41. The van der Waals surface area contributed by atoms with E-state index in [1.165, 1.54) is 0 Å².